The van der Waals surface area contributed by atoms with Gasteiger partial charge in [0.05, 0.1) is 40.0 Å². The quantitative estimate of drug-likeness (QED) is 0.161. The van der Waals surface area contributed by atoms with Gasteiger partial charge in [-0.25, -0.2) is 0 Å². The van der Waals surface area contributed by atoms with Gasteiger partial charge in [0.25, 0.3) is 0 Å². The zero-order chi connectivity index (χ0) is 28.4. The van der Waals surface area contributed by atoms with Crippen molar-refractivity contribution in [2.45, 2.75) is 0 Å². The highest BCUT2D eigenvalue weighted by molar-refractivity contribution is 9.10. The van der Waals surface area contributed by atoms with E-state index in [-0.39, 0.29) is 13.6 Å². The summed E-state index contributed by atoms with van der Waals surface area (Å²) < 4.78 is 50.3. The van der Waals surface area contributed by atoms with Crippen LogP contribution in [0.15, 0.2) is 46.9 Å². The van der Waals surface area contributed by atoms with Crippen molar-refractivity contribution in [2.75, 3.05) is 63.4 Å². The van der Waals surface area contributed by atoms with Crippen molar-refractivity contribution in [2.24, 2.45) is 0 Å². The first kappa shape index (κ1) is 29.9. The van der Waals surface area contributed by atoms with Gasteiger partial charge < -0.3 is 42.6 Å². The molecule has 0 saturated heterocycles. The van der Waals surface area contributed by atoms with Gasteiger partial charge in [-0.2, -0.15) is 0 Å². The molecular formula is C29H33BrO9. The van der Waals surface area contributed by atoms with Crippen molar-refractivity contribution in [3.05, 3.63) is 63.6 Å². The number of methoxy groups -OCH3 is 7. The van der Waals surface area contributed by atoms with Crippen LogP contribution in [0.25, 0.3) is 11.6 Å². The average Bonchev–Trinajstić information content (AvgIpc) is 2.97. The van der Waals surface area contributed by atoms with Crippen LogP contribution in [-0.2, 0) is 9.47 Å². The topological polar surface area (TPSA) is 83.1 Å². The van der Waals surface area contributed by atoms with Crippen LogP contribution in [-0.4, -0.2) is 63.4 Å². The third-order valence-corrected chi connectivity index (χ3v) is 6.48. The Balaban J connectivity index is 2.32. The van der Waals surface area contributed by atoms with Gasteiger partial charge in [-0.1, -0.05) is 12.1 Å². The zero-order valence-corrected chi connectivity index (χ0v) is 24.7. The maximum Gasteiger partial charge on any atom is 0.204 e. The van der Waals surface area contributed by atoms with E-state index >= 15 is 0 Å². The van der Waals surface area contributed by atoms with Crippen LogP contribution in [0.3, 0.4) is 0 Å². The maximum atomic E-state index is 5.80. The van der Waals surface area contributed by atoms with E-state index in [0.29, 0.717) is 44.7 Å². The normalized spacial score (nSPS) is 11.1. The monoisotopic (exact) mass is 604 g/mol. The largest absolute Gasteiger partial charge is 0.493 e. The fourth-order valence-corrected chi connectivity index (χ4v) is 4.57. The molecular weight excluding hydrogens is 572 g/mol. The summed E-state index contributed by atoms with van der Waals surface area (Å²) in [4.78, 5) is 0. The first-order chi connectivity index (χ1) is 19.0. The lowest BCUT2D eigenvalue weighted by Gasteiger charge is -2.20. The smallest absolute Gasteiger partial charge is 0.204 e. The molecule has 0 unspecified atom stereocenters. The SMILES string of the molecule is COCOc1cc(/C=C(/c2ccc(OC)c(OCOC)c2)c2cc(OC)c(OC)c(OC)c2Br)ccc1OC. The van der Waals surface area contributed by atoms with Gasteiger partial charge in [0.1, 0.15) is 0 Å². The van der Waals surface area contributed by atoms with Crippen LogP contribution in [0, 0.1) is 0 Å². The predicted octanol–water partition coefficient (Wildman–Crippen LogP) is 6.05. The molecule has 0 N–H and O–H groups in total. The lowest BCUT2D eigenvalue weighted by Crippen LogP contribution is -2.03. The van der Waals surface area contributed by atoms with Crippen molar-refractivity contribution in [3.63, 3.8) is 0 Å². The van der Waals surface area contributed by atoms with Crippen LogP contribution in [0.5, 0.6) is 40.2 Å². The van der Waals surface area contributed by atoms with E-state index in [1.807, 2.05) is 48.5 Å². The Bertz CT molecular complexity index is 1290. The second-order valence-electron chi connectivity index (χ2n) is 7.94. The highest BCUT2D eigenvalue weighted by atomic mass is 79.9. The maximum absolute atomic E-state index is 5.80. The lowest BCUT2D eigenvalue weighted by molar-refractivity contribution is 0.0490. The fourth-order valence-electron chi connectivity index (χ4n) is 3.90. The molecule has 0 fully saturated rings. The number of hydrogen-bond donors (Lipinski definition) is 0. The van der Waals surface area contributed by atoms with Gasteiger partial charge >= 0.3 is 0 Å². The minimum atomic E-state index is 0.0609. The number of benzene rings is 3. The molecule has 3 aromatic carbocycles. The van der Waals surface area contributed by atoms with Crippen molar-refractivity contribution in [1.82, 2.24) is 0 Å². The van der Waals surface area contributed by atoms with E-state index in [9.17, 15) is 0 Å². The Kier molecular flexibility index (Phi) is 11.2. The van der Waals surface area contributed by atoms with Crippen molar-refractivity contribution in [1.29, 1.82) is 0 Å². The number of hydrogen-bond acceptors (Lipinski definition) is 9. The molecule has 0 aliphatic carbocycles. The van der Waals surface area contributed by atoms with Gasteiger partial charge in [-0.15, -0.1) is 0 Å². The summed E-state index contributed by atoms with van der Waals surface area (Å²) in [5.41, 5.74) is 3.26. The average molecular weight is 605 g/mol. The summed E-state index contributed by atoms with van der Waals surface area (Å²) >= 11 is 3.73. The highest BCUT2D eigenvalue weighted by Gasteiger charge is 2.23. The fraction of sp³-hybridized carbons (Fsp3) is 0.310. The number of halogens is 1. The van der Waals surface area contributed by atoms with E-state index < -0.39 is 0 Å². The molecule has 210 valence electrons. The van der Waals surface area contributed by atoms with Crippen LogP contribution < -0.4 is 33.2 Å². The lowest BCUT2D eigenvalue weighted by atomic mass is 9.94. The molecule has 39 heavy (non-hydrogen) atoms. The summed E-state index contributed by atoms with van der Waals surface area (Å²) in [5, 5.41) is 0. The van der Waals surface area contributed by atoms with E-state index in [1.54, 1.807) is 49.8 Å². The van der Waals surface area contributed by atoms with Gasteiger partial charge in [-0.05, 0) is 69.0 Å². The second kappa shape index (κ2) is 14.5. The molecule has 0 heterocycles. The molecule has 0 bridgehead atoms. The Labute approximate surface area is 237 Å². The summed E-state index contributed by atoms with van der Waals surface area (Å²) in [7, 11) is 11.0. The molecule has 3 rings (SSSR count). The molecule has 0 atom stereocenters. The molecule has 10 heteroatoms. The Morgan fingerprint density at radius 2 is 1.18 bits per heavy atom. The Morgan fingerprint density at radius 1 is 0.615 bits per heavy atom. The van der Waals surface area contributed by atoms with Crippen molar-refractivity contribution in [3.8, 4) is 40.2 Å². The standard InChI is InChI=1S/C29H33BrO9/c1-31-16-38-24-13-18(8-10-22(24)33-3)12-20(19-9-11-23(34-4)25(14-19)39-17-32-2)21-15-26(35-5)28(36-6)29(37-7)27(21)30/h8-15H,16-17H2,1-7H3/b20-12-. The Morgan fingerprint density at radius 3 is 1.72 bits per heavy atom. The van der Waals surface area contributed by atoms with Gasteiger partial charge in [0.15, 0.2) is 48.1 Å². The summed E-state index contributed by atoms with van der Waals surface area (Å²) in [6.45, 7) is 0.138. The summed E-state index contributed by atoms with van der Waals surface area (Å²) in [6, 6.07) is 13.2. The van der Waals surface area contributed by atoms with Crippen LogP contribution >= 0.6 is 15.9 Å². The Hall–Kier alpha value is -3.60. The van der Waals surface area contributed by atoms with E-state index in [2.05, 4.69) is 15.9 Å². The first-order valence-corrected chi connectivity index (χ1v) is 12.6. The molecule has 0 aliphatic rings. The van der Waals surface area contributed by atoms with Crippen LogP contribution in [0.2, 0.25) is 0 Å². The zero-order valence-electron chi connectivity index (χ0n) is 23.1. The van der Waals surface area contributed by atoms with E-state index in [4.69, 9.17) is 42.6 Å². The van der Waals surface area contributed by atoms with E-state index in [1.165, 1.54) is 0 Å². The molecule has 0 aliphatic heterocycles. The van der Waals surface area contributed by atoms with Gasteiger partial charge in [0, 0.05) is 19.8 Å². The van der Waals surface area contributed by atoms with E-state index in [0.717, 1.165) is 22.3 Å². The third-order valence-electron chi connectivity index (χ3n) is 5.70. The summed E-state index contributed by atoms with van der Waals surface area (Å²) in [6.07, 6.45) is 2.01. The predicted molar refractivity (Wildman–Crippen MR) is 152 cm³/mol. The second-order valence-corrected chi connectivity index (χ2v) is 8.74. The van der Waals surface area contributed by atoms with Gasteiger partial charge in [0.2, 0.25) is 5.75 Å². The van der Waals surface area contributed by atoms with Crippen LogP contribution in [0.1, 0.15) is 16.7 Å². The molecule has 3 aromatic rings. The molecule has 0 spiro atoms. The minimum absolute atomic E-state index is 0.0609. The molecule has 0 amide bonds. The van der Waals surface area contributed by atoms with Crippen molar-refractivity contribution >= 4 is 27.6 Å². The third kappa shape index (κ3) is 6.89. The molecule has 0 aromatic heterocycles. The van der Waals surface area contributed by atoms with Crippen LogP contribution in [0.4, 0.5) is 0 Å². The van der Waals surface area contributed by atoms with Crippen molar-refractivity contribution < 1.29 is 42.6 Å². The number of rotatable bonds is 14. The summed E-state index contributed by atoms with van der Waals surface area (Å²) in [5.74, 6) is 3.66. The molecule has 0 radical (unpaired) electrons. The molecule has 0 saturated carbocycles. The number of ether oxygens (including phenoxy) is 9. The highest BCUT2D eigenvalue weighted by Crippen LogP contribution is 2.48. The molecule has 9 nitrogen and oxygen atoms in total. The van der Waals surface area contributed by atoms with Gasteiger partial charge in [-0.3, -0.25) is 0 Å². The first-order valence-electron chi connectivity index (χ1n) is 11.8. The minimum Gasteiger partial charge on any atom is -0.493 e.